The number of aryl methyl sites for hydroxylation is 1. The van der Waals surface area contributed by atoms with Crippen LogP contribution in [0.5, 0.6) is 0 Å². The number of hydrogen-bond acceptors (Lipinski definition) is 4. The molecule has 0 saturated heterocycles. The zero-order valence-corrected chi connectivity index (χ0v) is 25.7. The lowest BCUT2D eigenvalue weighted by atomic mass is 10.1. The molecule has 0 aromatic heterocycles. The lowest BCUT2D eigenvalue weighted by Crippen LogP contribution is -2.51. The van der Waals surface area contributed by atoms with E-state index in [1.54, 1.807) is 61.5 Å². The van der Waals surface area contributed by atoms with Crippen molar-refractivity contribution in [1.29, 1.82) is 0 Å². The van der Waals surface area contributed by atoms with Gasteiger partial charge in [-0.05, 0) is 68.3 Å². The summed E-state index contributed by atoms with van der Waals surface area (Å²) in [6.45, 7) is 5.34. The summed E-state index contributed by atoms with van der Waals surface area (Å²) in [6, 6.07) is 17.2. The maximum Gasteiger partial charge on any atom is 0.264 e. The quantitative estimate of drug-likeness (QED) is 0.267. The molecule has 1 atom stereocenters. The van der Waals surface area contributed by atoms with Crippen molar-refractivity contribution in [3.63, 3.8) is 0 Å². The smallest absolute Gasteiger partial charge is 0.264 e. The SMILES string of the molecule is CCCNC(=O)[C@@H](C)N(Cc1ccc(Cl)c(Cl)c1)C(=O)CN(c1cccc(Br)c1)S(=O)(=O)c1ccc(C)cc1. The van der Waals surface area contributed by atoms with Gasteiger partial charge in [0, 0.05) is 17.6 Å². The van der Waals surface area contributed by atoms with Crippen LogP contribution in [0.1, 0.15) is 31.4 Å². The fourth-order valence-electron chi connectivity index (χ4n) is 3.81. The van der Waals surface area contributed by atoms with Crippen molar-refractivity contribution in [1.82, 2.24) is 10.2 Å². The van der Waals surface area contributed by atoms with Gasteiger partial charge in [0.05, 0.1) is 20.6 Å². The number of nitrogens with one attached hydrogen (secondary N) is 1. The van der Waals surface area contributed by atoms with Crippen LogP contribution in [0.2, 0.25) is 10.0 Å². The number of hydrogen-bond donors (Lipinski definition) is 1. The number of amides is 2. The lowest BCUT2D eigenvalue weighted by Gasteiger charge is -2.32. The van der Waals surface area contributed by atoms with Crippen molar-refractivity contribution in [3.05, 3.63) is 92.4 Å². The predicted octanol–water partition coefficient (Wildman–Crippen LogP) is 6.20. The number of sulfonamides is 1. The largest absolute Gasteiger partial charge is 0.354 e. The molecule has 39 heavy (non-hydrogen) atoms. The Morgan fingerprint density at radius 3 is 2.31 bits per heavy atom. The summed E-state index contributed by atoms with van der Waals surface area (Å²) in [5, 5.41) is 3.48. The van der Waals surface area contributed by atoms with Crippen LogP contribution in [0.3, 0.4) is 0 Å². The van der Waals surface area contributed by atoms with Gasteiger partial charge in [-0.15, -0.1) is 0 Å². The highest BCUT2D eigenvalue weighted by molar-refractivity contribution is 9.10. The molecule has 0 aliphatic rings. The van der Waals surface area contributed by atoms with Gasteiger partial charge in [0.15, 0.2) is 0 Å². The fraction of sp³-hybridized carbons (Fsp3) is 0.286. The van der Waals surface area contributed by atoms with Crippen molar-refractivity contribution >= 4 is 66.7 Å². The monoisotopic (exact) mass is 653 g/mol. The normalized spacial score (nSPS) is 12.1. The van der Waals surface area contributed by atoms with Gasteiger partial charge < -0.3 is 10.2 Å². The average molecular weight is 655 g/mol. The van der Waals surface area contributed by atoms with Crippen LogP contribution in [0.25, 0.3) is 0 Å². The average Bonchev–Trinajstić information content (AvgIpc) is 2.90. The summed E-state index contributed by atoms with van der Waals surface area (Å²) in [4.78, 5) is 28.2. The lowest BCUT2D eigenvalue weighted by molar-refractivity contribution is -0.139. The number of halogens is 3. The zero-order chi connectivity index (χ0) is 28.7. The van der Waals surface area contributed by atoms with Gasteiger partial charge in [-0.2, -0.15) is 0 Å². The molecule has 0 spiro atoms. The summed E-state index contributed by atoms with van der Waals surface area (Å²) in [5.41, 5.74) is 1.85. The Balaban J connectivity index is 2.03. The molecule has 0 fully saturated rings. The highest BCUT2D eigenvalue weighted by atomic mass is 79.9. The molecule has 3 rings (SSSR count). The molecule has 2 amide bonds. The van der Waals surface area contributed by atoms with E-state index in [1.165, 1.54) is 17.0 Å². The second-order valence-electron chi connectivity index (χ2n) is 9.04. The number of carbonyl (C=O) groups excluding carboxylic acids is 2. The highest BCUT2D eigenvalue weighted by Gasteiger charge is 2.32. The van der Waals surface area contributed by atoms with Crippen LogP contribution in [0.15, 0.2) is 76.1 Å². The molecule has 208 valence electrons. The first-order chi connectivity index (χ1) is 18.4. The topological polar surface area (TPSA) is 86.8 Å². The maximum atomic E-state index is 13.9. The molecular weight excluding hydrogens is 625 g/mol. The molecule has 1 N–H and O–H groups in total. The first-order valence-corrected chi connectivity index (χ1v) is 15.3. The van der Waals surface area contributed by atoms with Crippen molar-refractivity contribution in [2.24, 2.45) is 0 Å². The number of nitrogens with zero attached hydrogens (tertiary/aromatic N) is 2. The van der Waals surface area contributed by atoms with Crippen molar-refractivity contribution < 1.29 is 18.0 Å². The second kappa shape index (κ2) is 13.7. The van der Waals surface area contributed by atoms with E-state index in [2.05, 4.69) is 21.2 Å². The molecule has 0 aliphatic carbocycles. The minimum atomic E-state index is -4.14. The minimum Gasteiger partial charge on any atom is -0.354 e. The number of carbonyl (C=O) groups is 2. The van der Waals surface area contributed by atoms with Crippen LogP contribution >= 0.6 is 39.1 Å². The molecular formula is C28H30BrCl2N3O4S. The van der Waals surface area contributed by atoms with Crippen LogP contribution < -0.4 is 9.62 Å². The summed E-state index contributed by atoms with van der Waals surface area (Å²) < 4.78 is 29.4. The Morgan fingerprint density at radius 1 is 1.00 bits per heavy atom. The minimum absolute atomic E-state index is 0.0212. The van der Waals surface area contributed by atoms with Crippen LogP contribution in [-0.4, -0.2) is 44.3 Å². The molecule has 0 unspecified atom stereocenters. The van der Waals surface area contributed by atoms with E-state index in [4.69, 9.17) is 23.2 Å². The van der Waals surface area contributed by atoms with Gasteiger partial charge >= 0.3 is 0 Å². The first-order valence-electron chi connectivity index (χ1n) is 12.3. The highest BCUT2D eigenvalue weighted by Crippen LogP contribution is 2.28. The molecule has 0 bridgehead atoms. The molecule has 3 aromatic rings. The fourth-order valence-corrected chi connectivity index (χ4v) is 5.92. The van der Waals surface area contributed by atoms with Crippen molar-refractivity contribution in [2.45, 2.75) is 44.7 Å². The molecule has 0 radical (unpaired) electrons. The predicted molar refractivity (Wildman–Crippen MR) is 160 cm³/mol. The third-order valence-electron chi connectivity index (χ3n) is 6.04. The van der Waals surface area contributed by atoms with E-state index in [0.29, 0.717) is 32.3 Å². The second-order valence-corrected chi connectivity index (χ2v) is 12.6. The van der Waals surface area contributed by atoms with Gasteiger partial charge in [0.25, 0.3) is 10.0 Å². The molecule has 0 aliphatic heterocycles. The number of anilines is 1. The standard InChI is InChI=1S/C28H30BrCl2N3O4S/c1-4-14-32-28(36)20(3)33(17-21-10-13-25(30)26(31)15-21)27(35)18-34(23-7-5-6-22(29)16-23)39(37,38)24-11-8-19(2)9-12-24/h5-13,15-16,20H,4,14,17-18H2,1-3H3,(H,32,36)/t20-/m1/s1. The van der Waals surface area contributed by atoms with Gasteiger partial charge in [-0.25, -0.2) is 8.42 Å². The molecule has 3 aromatic carbocycles. The summed E-state index contributed by atoms with van der Waals surface area (Å²) in [7, 11) is -4.14. The molecule has 0 heterocycles. The van der Waals surface area contributed by atoms with E-state index in [9.17, 15) is 18.0 Å². The third kappa shape index (κ3) is 7.97. The third-order valence-corrected chi connectivity index (χ3v) is 9.06. The van der Waals surface area contributed by atoms with E-state index >= 15 is 0 Å². The molecule has 0 saturated carbocycles. The Kier molecular flexibility index (Phi) is 10.8. The van der Waals surface area contributed by atoms with Gasteiger partial charge in [0.2, 0.25) is 11.8 Å². The van der Waals surface area contributed by atoms with Gasteiger partial charge in [-0.3, -0.25) is 13.9 Å². The number of rotatable bonds is 11. The molecule has 7 nitrogen and oxygen atoms in total. The first kappa shape index (κ1) is 30.9. The van der Waals surface area contributed by atoms with Crippen LogP contribution in [0, 0.1) is 6.92 Å². The summed E-state index contributed by atoms with van der Waals surface area (Å²) in [5.74, 6) is -0.906. The Hall–Kier alpha value is -2.59. The zero-order valence-electron chi connectivity index (χ0n) is 21.8. The molecule has 11 heteroatoms. The Morgan fingerprint density at radius 2 is 1.69 bits per heavy atom. The summed E-state index contributed by atoms with van der Waals surface area (Å²) in [6.07, 6.45) is 0.727. The van der Waals surface area contributed by atoms with Crippen molar-refractivity contribution in [2.75, 3.05) is 17.4 Å². The summed E-state index contributed by atoms with van der Waals surface area (Å²) >= 11 is 15.7. The van der Waals surface area contributed by atoms with E-state index in [0.717, 1.165) is 16.3 Å². The van der Waals surface area contributed by atoms with Crippen LogP contribution in [0.4, 0.5) is 5.69 Å². The Bertz CT molecular complexity index is 1430. The number of benzene rings is 3. The van der Waals surface area contributed by atoms with Crippen molar-refractivity contribution in [3.8, 4) is 0 Å². The van der Waals surface area contributed by atoms with E-state index < -0.39 is 28.5 Å². The van der Waals surface area contributed by atoms with E-state index in [-0.39, 0.29) is 17.3 Å². The van der Waals surface area contributed by atoms with Crippen LogP contribution in [-0.2, 0) is 26.2 Å². The van der Waals surface area contributed by atoms with Gasteiger partial charge in [0.1, 0.15) is 12.6 Å². The van der Waals surface area contributed by atoms with Gasteiger partial charge in [-0.1, -0.05) is 75.9 Å². The maximum absolute atomic E-state index is 13.9. The van der Waals surface area contributed by atoms with E-state index in [1.807, 2.05) is 13.8 Å². The Labute approximate surface area is 248 Å².